The lowest BCUT2D eigenvalue weighted by Gasteiger charge is -2.19. The van der Waals surface area contributed by atoms with E-state index in [9.17, 15) is 45.1 Å². The van der Waals surface area contributed by atoms with E-state index in [0.717, 1.165) is 45.5 Å². The Morgan fingerprint density at radius 3 is 1.57 bits per heavy atom. The highest BCUT2D eigenvalue weighted by atomic mass is 32.2. The molecule has 0 fully saturated rings. The van der Waals surface area contributed by atoms with E-state index in [0.29, 0.717) is 35.2 Å². The van der Waals surface area contributed by atoms with Gasteiger partial charge in [0.2, 0.25) is 0 Å². The van der Waals surface area contributed by atoms with Gasteiger partial charge in [-0.1, -0.05) is 33.3 Å². The normalized spacial score (nSPS) is 12.2. The number of nitrogens with zero attached hydrogens (tertiary/aromatic N) is 2. The van der Waals surface area contributed by atoms with Crippen LogP contribution in [0.5, 0.6) is 0 Å². The van der Waals surface area contributed by atoms with Crippen molar-refractivity contribution in [1.82, 2.24) is 9.13 Å². The van der Waals surface area contributed by atoms with E-state index in [1.165, 1.54) is 36.4 Å². The summed E-state index contributed by atoms with van der Waals surface area (Å²) in [4.78, 5) is 56.7. The highest BCUT2D eigenvalue weighted by Crippen LogP contribution is 2.33. The molecular formula is C36H24N2O16S4. The van der Waals surface area contributed by atoms with E-state index in [1.807, 2.05) is 0 Å². The van der Waals surface area contributed by atoms with Crippen LogP contribution in [0.3, 0.4) is 0 Å². The Bertz CT molecular complexity index is 3270. The Labute approximate surface area is 333 Å². The van der Waals surface area contributed by atoms with Crippen molar-refractivity contribution in [3.8, 4) is 0 Å². The van der Waals surface area contributed by atoms with E-state index < -0.39 is 63.8 Å². The van der Waals surface area contributed by atoms with Crippen LogP contribution >= 0.6 is 24.1 Å². The van der Waals surface area contributed by atoms with Crippen molar-refractivity contribution >= 4 is 99.7 Å². The minimum Gasteiger partial charge on any atom is -0.288 e. The lowest BCUT2D eigenvalue weighted by molar-refractivity contribution is -0.432. The van der Waals surface area contributed by atoms with Gasteiger partial charge in [-0.05, 0) is 86.6 Å². The van der Waals surface area contributed by atoms with Crippen molar-refractivity contribution in [2.24, 2.45) is 0 Å². The van der Waals surface area contributed by atoms with Crippen molar-refractivity contribution in [3.05, 3.63) is 128 Å². The van der Waals surface area contributed by atoms with E-state index in [2.05, 4.69) is 18.7 Å². The molecule has 5 aromatic carbocycles. The van der Waals surface area contributed by atoms with Gasteiger partial charge >= 0.3 is 0 Å². The third-order valence-electron chi connectivity index (χ3n) is 9.02. The van der Waals surface area contributed by atoms with Crippen molar-refractivity contribution < 1.29 is 64.8 Å². The summed E-state index contributed by atoms with van der Waals surface area (Å²) in [5.74, 6) is -2.12. The van der Waals surface area contributed by atoms with Gasteiger partial charge in [0, 0.05) is 26.4 Å². The van der Waals surface area contributed by atoms with Gasteiger partial charge in [0.15, 0.2) is 10.9 Å². The molecule has 18 nitrogen and oxygen atoms in total. The average Bonchev–Trinajstić information content (AvgIpc) is 3.18. The first kappa shape index (κ1) is 40.8. The number of hydrogen-bond donors (Lipinski definition) is 4. The van der Waals surface area contributed by atoms with Gasteiger partial charge in [0.1, 0.15) is 4.90 Å². The van der Waals surface area contributed by atoms with Gasteiger partial charge in [-0.25, -0.2) is 10.5 Å². The maximum absolute atomic E-state index is 14.8. The summed E-state index contributed by atoms with van der Waals surface area (Å²) >= 11 is 0.682. The average molecular weight is 869 g/mol. The summed E-state index contributed by atoms with van der Waals surface area (Å²) in [6.45, 7) is 3.34. The number of pyridine rings is 2. The quantitative estimate of drug-likeness (QED) is 0.0406. The second kappa shape index (κ2) is 15.4. The minimum absolute atomic E-state index is 0.00536. The minimum atomic E-state index is -5.08. The first-order valence-electron chi connectivity index (χ1n) is 16.1. The highest BCUT2D eigenvalue weighted by molar-refractivity contribution is 7.94. The molecule has 0 amide bonds. The summed E-state index contributed by atoms with van der Waals surface area (Å²) in [6.07, 6.45) is 0. The maximum atomic E-state index is 14.8. The molecule has 2 aromatic heterocycles. The zero-order chi connectivity index (χ0) is 41.8. The first-order valence-corrected chi connectivity index (χ1v) is 20.5. The van der Waals surface area contributed by atoms with Gasteiger partial charge in [-0.15, -0.1) is 8.67 Å². The second-order valence-electron chi connectivity index (χ2n) is 12.6. The van der Waals surface area contributed by atoms with Crippen LogP contribution in [0.15, 0.2) is 114 Å². The third-order valence-corrected chi connectivity index (χ3v) is 12.0. The van der Waals surface area contributed by atoms with Crippen LogP contribution in [0.4, 0.5) is 0 Å². The molecule has 0 atom stereocenters. The fourth-order valence-corrected chi connectivity index (χ4v) is 8.59. The molecule has 298 valence electrons. The smallest absolute Gasteiger partial charge is 0.288 e. The fraction of sp³-hybridized carbons (Fsp3) is 0.0556. The number of aryl methyl sites for hydroxylation is 2. The molecule has 0 spiro atoms. The number of benzene rings is 5. The van der Waals surface area contributed by atoms with Crippen molar-refractivity contribution in [2.75, 3.05) is 0 Å². The van der Waals surface area contributed by atoms with Crippen LogP contribution in [-0.2, 0) is 39.0 Å². The molecule has 0 saturated carbocycles. The van der Waals surface area contributed by atoms with E-state index in [4.69, 9.17) is 10.5 Å². The van der Waals surface area contributed by atoms with E-state index >= 15 is 0 Å². The molecule has 0 aliphatic rings. The largest absolute Gasteiger partial charge is 0.295 e. The predicted octanol–water partition coefficient (Wildman–Crippen LogP) is 5.97. The van der Waals surface area contributed by atoms with Crippen LogP contribution in [0.2, 0.25) is 0 Å². The van der Waals surface area contributed by atoms with Gasteiger partial charge in [0.25, 0.3) is 32.1 Å². The Morgan fingerprint density at radius 1 is 0.569 bits per heavy atom. The van der Waals surface area contributed by atoms with Crippen LogP contribution in [0.25, 0.3) is 43.6 Å². The van der Waals surface area contributed by atoms with Gasteiger partial charge < -0.3 is 0 Å². The van der Waals surface area contributed by atoms with Crippen LogP contribution in [0.1, 0.15) is 31.8 Å². The highest BCUT2D eigenvalue weighted by Gasteiger charge is 2.28. The number of hydrogen-bond acceptors (Lipinski definition) is 16. The number of fused-ring (bicyclic) bond motifs is 4. The molecule has 7 rings (SSSR count). The van der Waals surface area contributed by atoms with Gasteiger partial charge in [-0.3, -0.25) is 37.4 Å². The van der Waals surface area contributed by atoms with E-state index in [1.54, 1.807) is 26.0 Å². The number of rotatable bonds is 10. The molecule has 0 radical (unpaired) electrons. The lowest BCUT2D eigenvalue weighted by Crippen LogP contribution is -2.23. The zero-order valence-electron chi connectivity index (χ0n) is 29.3. The van der Waals surface area contributed by atoms with Crippen molar-refractivity contribution in [1.29, 1.82) is 0 Å². The monoisotopic (exact) mass is 868 g/mol. The predicted molar refractivity (Wildman–Crippen MR) is 208 cm³/mol. The molecule has 0 bridgehead atoms. The van der Waals surface area contributed by atoms with Gasteiger partial charge in [0.05, 0.1) is 67.1 Å². The Hall–Kier alpha value is -5.34. The molecule has 0 unspecified atom stereocenters. The standard InChI is InChI=1S/C36H24N2O16S4/c1-17-3-7-27-21(11-17)33(39)23-16-30-24(15-29(23)37(27)35(41)25-14-20(57(45,46)47)6-9-31(25)56-54-52-44)34(40)22-12-18(2)4-8-28(22)38(30)36(42)26-13-19(55-53-51-43)5-10-32(26)58(48,49)50/h3-16,43-44H,1-2H3,(H,45,46,47)(H,48,49,50). The molecule has 7 aromatic rings. The van der Waals surface area contributed by atoms with Crippen molar-refractivity contribution in [2.45, 2.75) is 33.4 Å². The Kier molecular flexibility index (Phi) is 10.9. The fourth-order valence-electron chi connectivity index (χ4n) is 6.56. The van der Waals surface area contributed by atoms with Crippen LogP contribution in [-0.4, -0.2) is 57.4 Å². The summed E-state index contributed by atoms with van der Waals surface area (Å²) < 4.78 is 80.5. The summed E-state index contributed by atoms with van der Waals surface area (Å²) in [5, 5.41) is 24.2. The third kappa shape index (κ3) is 7.32. The number of aromatic nitrogens is 2. The Morgan fingerprint density at radius 2 is 1.07 bits per heavy atom. The summed E-state index contributed by atoms with van der Waals surface area (Å²) in [7, 11) is -9.97. The molecule has 0 aliphatic heterocycles. The molecule has 58 heavy (non-hydrogen) atoms. The molecule has 22 heteroatoms. The summed E-state index contributed by atoms with van der Waals surface area (Å²) in [5.41, 5.74) is -1.72. The zero-order valence-corrected chi connectivity index (χ0v) is 32.6. The number of carbonyl (C=O) groups excluding carboxylic acids is 2. The topological polar surface area (TPSA) is 264 Å². The molecule has 4 N–H and O–H groups in total. The second-order valence-corrected chi connectivity index (χ2v) is 16.9. The first-order chi connectivity index (χ1) is 27.4. The van der Waals surface area contributed by atoms with Crippen LogP contribution < -0.4 is 10.9 Å². The molecule has 0 aliphatic carbocycles. The Balaban J connectivity index is 1.64. The maximum Gasteiger partial charge on any atom is 0.295 e. The molecule has 2 heterocycles. The number of carbonyl (C=O) groups is 2. The molecule has 0 saturated heterocycles. The summed E-state index contributed by atoms with van der Waals surface area (Å²) in [6, 6.07) is 17.2. The lowest BCUT2D eigenvalue weighted by atomic mass is 10.0. The van der Waals surface area contributed by atoms with Crippen LogP contribution in [0, 0.1) is 13.8 Å². The SMILES string of the molecule is Cc1ccc2c(c1)c(=O)c1cc3c(cc1n2C(=O)c1cc(S(=O)(=O)O)ccc1SOOO)c(=O)c1cc(C)ccc1n3C(=O)c1cc(SOOO)ccc1S(=O)(=O)O. The van der Waals surface area contributed by atoms with E-state index in [-0.39, 0.29) is 53.4 Å². The molecular weight excluding hydrogens is 845 g/mol. The van der Waals surface area contributed by atoms with Gasteiger partial charge in [-0.2, -0.15) is 16.8 Å². The van der Waals surface area contributed by atoms with Crippen molar-refractivity contribution in [3.63, 3.8) is 0 Å².